The van der Waals surface area contributed by atoms with E-state index >= 15 is 0 Å². The van der Waals surface area contributed by atoms with Crippen LogP contribution in [0.1, 0.15) is 18.1 Å². The van der Waals surface area contributed by atoms with Crippen molar-refractivity contribution in [1.82, 2.24) is 5.32 Å². The zero-order chi connectivity index (χ0) is 14.4. The number of hydrogen-bond acceptors (Lipinski definition) is 2. The Hall–Kier alpha value is -1.58. The van der Waals surface area contributed by atoms with Crippen molar-refractivity contribution in [2.45, 2.75) is 20.1 Å². The lowest BCUT2D eigenvalue weighted by Crippen LogP contribution is -2.11. The first-order valence-corrected chi connectivity index (χ1v) is 6.93. The fourth-order valence-electron chi connectivity index (χ4n) is 1.81. The van der Waals surface area contributed by atoms with E-state index in [4.69, 9.17) is 16.3 Å². The Labute approximate surface area is 123 Å². The molecule has 0 radical (unpaired) electrons. The highest BCUT2D eigenvalue weighted by atomic mass is 35.5. The van der Waals surface area contributed by atoms with Gasteiger partial charge in [-0.15, -0.1) is 0 Å². The average Bonchev–Trinajstić information content (AvgIpc) is 2.45. The summed E-state index contributed by atoms with van der Waals surface area (Å²) >= 11 is 5.72. The number of nitrogens with one attached hydrogen (secondary N) is 1. The Morgan fingerprint density at radius 2 is 2.05 bits per heavy atom. The third-order valence-electron chi connectivity index (χ3n) is 2.89. The summed E-state index contributed by atoms with van der Waals surface area (Å²) in [6.07, 6.45) is 0. The van der Waals surface area contributed by atoms with Crippen LogP contribution in [0.15, 0.2) is 42.5 Å². The molecule has 20 heavy (non-hydrogen) atoms. The molecule has 0 amide bonds. The maximum atomic E-state index is 13.6. The van der Waals surface area contributed by atoms with Gasteiger partial charge >= 0.3 is 0 Å². The largest absolute Gasteiger partial charge is 0.489 e. The molecule has 0 bridgehead atoms. The van der Waals surface area contributed by atoms with Crippen LogP contribution in [0.5, 0.6) is 5.75 Å². The van der Waals surface area contributed by atoms with Gasteiger partial charge in [0.05, 0.1) is 0 Å². The highest BCUT2D eigenvalue weighted by Gasteiger charge is 2.04. The lowest BCUT2D eigenvalue weighted by Gasteiger charge is -2.09. The van der Waals surface area contributed by atoms with E-state index < -0.39 is 0 Å². The summed E-state index contributed by atoms with van der Waals surface area (Å²) in [4.78, 5) is 0. The van der Waals surface area contributed by atoms with E-state index in [0.29, 0.717) is 10.6 Å². The van der Waals surface area contributed by atoms with Gasteiger partial charge in [-0.05, 0) is 36.4 Å². The molecule has 2 aromatic rings. The summed E-state index contributed by atoms with van der Waals surface area (Å²) in [5, 5.41) is 3.64. The summed E-state index contributed by atoms with van der Waals surface area (Å²) in [6, 6.07) is 12.4. The Bertz CT molecular complexity index is 574. The lowest BCUT2D eigenvalue weighted by atomic mass is 10.2. The maximum Gasteiger partial charge on any atom is 0.131 e. The van der Waals surface area contributed by atoms with Crippen LogP contribution in [0.25, 0.3) is 0 Å². The van der Waals surface area contributed by atoms with Gasteiger partial charge in [-0.3, -0.25) is 0 Å². The van der Waals surface area contributed by atoms with E-state index in [1.807, 2.05) is 24.3 Å². The van der Waals surface area contributed by atoms with Crippen molar-refractivity contribution in [3.8, 4) is 5.75 Å². The third-order valence-corrected chi connectivity index (χ3v) is 3.12. The SMILES string of the molecule is CCNCc1cccc(OCc2ccc(Cl)cc2F)c1. The molecule has 1 N–H and O–H groups in total. The van der Waals surface area contributed by atoms with Crippen molar-refractivity contribution in [1.29, 1.82) is 0 Å². The zero-order valence-electron chi connectivity index (χ0n) is 11.3. The zero-order valence-corrected chi connectivity index (χ0v) is 12.1. The number of halogens is 2. The molecule has 2 rings (SSSR count). The fourth-order valence-corrected chi connectivity index (χ4v) is 1.97. The molecule has 4 heteroatoms. The summed E-state index contributed by atoms with van der Waals surface area (Å²) in [6.45, 7) is 3.96. The predicted octanol–water partition coefficient (Wildman–Crippen LogP) is 4.17. The molecule has 0 atom stereocenters. The smallest absolute Gasteiger partial charge is 0.131 e. The van der Waals surface area contributed by atoms with Gasteiger partial charge in [-0.1, -0.05) is 36.7 Å². The van der Waals surface area contributed by atoms with Gasteiger partial charge in [0.1, 0.15) is 18.2 Å². The Kier molecular flexibility index (Phi) is 5.39. The van der Waals surface area contributed by atoms with Crippen molar-refractivity contribution in [3.05, 3.63) is 64.4 Å². The molecule has 0 aliphatic carbocycles. The molecule has 0 fully saturated rings. The molecular weight excluding hydrogens is 277 g/mol. The van der Waals surface area contributed by atoms with E-state index in [9.17, 15) is 4.39 Å². The molecule has 0 unspecified atom stereocenters. The van der Waals surface area contributed by atoms with E-state index in [1.54, 1.807) is 12.1 Å². The summed E-state index contributed by atoms with van der Waals surface area (Å²) in [5.74, 6) is 0.385. The second-order valence-corrected chi connectivity index (χ2v) is 4.89. The summed E-state index contributed by atoms with van der Waals surface area (Å²) < 4.78 is 19.2. The van der Waals surface area contributed by atoms with Gasteiger partial charge in [0, 0.05) is 17.1 Å². The molecule has 0 heterocycles. The van der Waals surface area contributed by atoms with Gasteiger partial charge in [-0.2, -0.15) is 0 Å². The Balaban J connectivity index is 1.99. The van der Waals surface area contributed by atoms with Crippen LogP contribution in [-0.4, -0.2) is 6.54 Å². The van der Waals surface area contributed by atoms with E-state index in [2.05, 4.69) is 12.2 Å². The molecule has 0 aliphatic rings. The molecule has 2 nitrogen and oxygen atoms in total. The second-order valence-electron chi connectivity index (χ2n) is 4.45. The van der Waals surface area contributed by atoms with Crippen molar-refractivity contribution < 1.29 is 9.13 Å². The van der Waals surface area contributed by atoms with Gasteiger partial charge in [0.2, 0.25) is 0 Å². The van der Waals surface area contributed by atoms with Crippen LogP contribution in [0.2, 0.25) is 5.02 Å². The van der Waals surface area contributed by atoms with Crippen LogP contribution in [0.4, 0.5) is 4.39 Å². The molecule has 0 saturated carbocycles. The maximum absolute atomic E-state index is 13.6. The summed E-state index contributed by atoms with van der Waals surface area (Å²) in [5.41, 5.74) is 1.63. The molecule has 0 aliphatic heterocycles. The molecule has 0 saturated heterocycles. The van der Waals surface area contributed by atoms with Crippen molar-refractivity contribution >= 4 is 11.6 Å². The quantitative estimate of drug-likeness (QED) is 0.863. The first-order chi connectivity index (χ1) is 9.69. The van der Waals surface area contributed by atoms with Crippen molar-refractivity contribution in [3.63, 3.8) is 0 Å². The normalized spacial score (nSPS) is 10.6. The lowest BCUT2D eigenvalue weighted by molar-refractivity contribution is 0.299. The number of hydrogen-bond donors (Lipinski definition) is 1. The first kappa shape index (κ1) is 14.8. The second kappa shape index (κ2) is 7.27. The van der Waals surface area contributed by atoms with Gasteiger partial charge in [0.25, 0.3) is 0 Å². The van der Waals surface area contributed by atoms with Crippen molar-refractivity contribution in [2.75, 3.05) is 6.54 Å². The van der Waals surface area contributed by atoms with Gasteiger partial charge < -0.3 is 10.1 Å². The number of ether oxygens (including phenoxy) is 1. The van der Waals surface area contributed by atoms with E-state index in [1.165, 1.54) is 6.07 Å². The Morgan fingerprint density at radius 3 is 2.80 bits per heavy atom. The number of benzene rings is 2. The predicted molar refractivity (Wildman–Crippen MR) is 79.6 cm³/mol. The highest BCUT2D eigenvalue weighted by molar-refractivity contribution is 6.30. The molecule has 0 spiro atoms. The minimum Gasteiger partial charge on any atom is -0.489 e. The van der Waals surface area contributed by atoms with E-state index in [-0.39, 0.29) is 12.4 Å². The van der Waals surface area contributed by atoms with Crippen LogP contribution in [0.3, 0.4) is 0 Å². The van der Waals surface area contributed by atoms with Crippen LogP contribution in [-0.2, 0) is 13.2 Å². The fraction of sp³-hybridized carbons (Fsp3) is 0.250. The minimum atomic E-state index is -0.346. The minimum absolute atomic E-state index is 0.188. The standard InChI is InChI=1S/C16H17ClFNO/c1-2-19-10-12-4-3-5-15(8-12)20-11-13-6-7-14(17)9-16(13)18/h3-9,19H,2,10-11H2,1H3. The Morgan fingerprint density at radius 1 is 1.20 bits per heavy atom. The monoisotopic (exact) mass is 293 g/mol. The van der Waals surface area contributed by atoms with Crippen LogP contribution >= 0.6 is 11.6 Å². The summed E-state index contributed by atoms with van der Waals surface area (Å²) in [7, 11) is 0. The first-order valence-electron chi connectivity index (χ1n) is 6.55. The molecule has 106 valence electrons. The number of rotatable bonds is 6. The molecule has 0 aromatic heterocycles. The van der Waals surface area contributed by atoms with Crippen molar-refractivity contribution in [2.24, 2.45) is 0 Å². The molecule has 2 aromatic carbocycles. The third kappa shape index (κ3) is 4.22. The van der Waals surface area contributed by atoms with Crippen LogP contribution < -0.4 is 10.1 Å². The van der Waals surface area contributed by atoms with E-state index in [0.717, 1.165) is 24.4 Å². The van der Waals surface area contributed by atoms with Gasteiger partial charge in [-0.25, -0.2) is 4.39 Å². The molecular formula is C16H17ClFNO. The van der Waals surface area contributed by atoms with Gasteiger partial charge in [0.15, 0.2) is 0 Å². The average molecular weight is 294 g/mol. The highest BCUT2D eigenvalue weighted by Crippen LogP contribution is 2.18. The topological polar surface area (TPSA) is 21.3 Å². The van der Waals surface area contributed by atoms with Crippen LogP contribution in [0, 0.1) is 5.82 Å².